The zero-order valence-electron chi connectivity index (χ0n) is 10.7. The second-order valence-electron chi connectivity index (χ2n) is 4.50. The van der Waals surface area contributed by atoms with Crippen LogP contribution in [0.25, 0.3) is 11.3 Å². The molecule has 0 aliphatic heterocycles. The van der Waals surface area contributed by atoms with E-state index in [4.69, 9.17) is 17.5 Å². The van der Waals surface area contributed by atoms with E-state index in [1.807, 2.05) is 13.0 Å². The minimum absolute atomic E-state index is 0.499. The van der Waals surface area contributed by atoms with E-state index in [-0.39, 0.29) is 0 Å². The van der Waals surface area contributed by atoms with E-state index in [1.165, 1.54) is 11.1 Å². The minimum Gasteiger partial charge on any atom is -0.345 e. The van der Waals surface area contributed by atoms with Crippen LogP contribution >= 0.6 is 12.2 Å². The van der Waals surface area contributed by atoms with Crippen molar-refractivity contribution >= 4 is 12.2 Å². The summed E-state index contributed by atoms with van der Waals surface area (Å²) >= 11 is 5.20. The third kappa shape index (κ3) is 2.20. The first kappa shape index (κ1) is 12.5. The van der Waals surface area contributed by atoms with E-state index in [2.05, 4.69) is 43.1 Å². The molecule has 1 heterocycles. The average molecular weight is 254 g/mol. The highest BCUT2D eigenvalue weighted by molar-refractivity contribution is 7.71. The molecule has 0 atom stereocenters. The van der Waals surface area contributed by atoms with Crippen LogP contribution in [-0.2, 0) is 0 Å². The van der Waals surface area contributed by atoms with Crippen molar-refractivity contribution in [1.29, 1.82) is 5.26 Å². The normalized spacial score (nSPS) is 10.1. The van der Waals surface area contributed by atoms with Crippen molar-refractivity contribution in [3.8, 4) is 17.3 Å². The van der Waals surface area contributed by atoms with Crippen LogP contribution in [0, 0.1) is 36.7 Å². The van der Waals surface area contributed by atoms with Gasteiger partial charge in [0.25, 0.3) is 0 Å². The van der Waals surface area contributed by atoms with Crippen LogP contribution in [-0.4, -0.2) is 4.98 Å². The van der Waals surface area contributed by atoms with E-state index >= 15 is 0 Å². The highest BCUT2D eigenvalue weighted by atomic mass is 32.1. The summed E-state index contributed by atoms with van der Waals surface area (Å²) < 4.78 is 0.499. The van der Waals surface area contributed by atoms with Crippen LogP contribution in [0.2, 0.25) is 0 Å². The molecule has 0 radical (unpaired) electrons. The van der Waals surface area contributed by atoms with Crippen molar-refractivity contribution in [2.75, 3.05) is 0 Å². The van der Waals surface area contributed by atoms with E-state index < -0.39 is 0 Å². The third-order valence-electron chi connectivity index (χ3n) is 3.02. The predicted molar refractivity (Wildman–Crippen MR) is 76.0 cm³/mol. The molecule has 90 valence electrons. The van der Waals surface area contributed by atoms with E-state index in [0.29, 0.717) is 10.2 Å². The Morgan fingerprint density at radius 3 is 2.50 bits per heavy atom. The summed E-state index contributed by atoms with van der Waals surface area (Å²) in [5.41, 5.74) is 6.10. The Hall–Kier alpha value is -1.92. The maximum Gasteiger partial charge on any atom is 0.121 e. The molecule has 0 amide bonds. The number of nitrogens with one attached hydrogen (secondary N) is 1. The Labute approximate surface area is 112 Å². The lowest BCUT2D eigenvalue weighted by Gasteiger charge is -2.11. The van der Waals surface area contributed by atoms with Gasteiger partial charge in [-0.2, -0.15) is 5.26 Å². The molecule has 1 aromatic carbocycles. The Morgan fingerprint density at radius 2 is 1.83 bits per heavy atom. The van der Waals surface area contributed by atoms with Crippen LogP contribution in [0.1, 0.15) is 22.3 Å². The minimum atomic E-state index is 0.499. The summed E-state index contributed by atoms with van der Waals surface area (Å²) in [6, 6.07) is 10.3. The summed E-state index contributed by atoms with van der Waals surface area (Å²) in [5, 5.41) is 8.97. The number of hydrogen-bond acceptors (Lipinski definition) is 2. The smallest absolute Gasteiger partial charge is 0.121 e. The first-order valence-corrected chi connectivity index (χ1v) is 6.15. The van der Waals surface area contributed by atoms with Crippen LogP contribution in [0.4, 0.5) is 0 Å². The first-order chi connectivity index (χ1) is 8.52. The number of aromatic nitrogens is 1. The van der Waals surface area contributed by atoms with Crippen molar-refractivity contribution in [1.82, 2.24) is 4.98 Å². The average Bonchev–Trinajstić information content (AvgIpc) is 2.35. The van der Waals surface area contributed by atoms with Gasteiger partial charge in [-0.3, -0.25) is 0 Å². The number of pyridine rings is 1. The van der Waals surface area contributed by atoms with Crippen molar-refractivity contribution < 1.29 is 0 Å². The van der Waals surface area contributed by atoms with E-state index in [9.17, 15) is 0 Å². The van der Waals surface area contributed by atoms with Crippen molar-refractivity contribution in [2.45, 2.75) is 20.8 Å². The van der Waals surface area contributed by atoms with E-state index in [1.54, 1.807) is 0 Å². The number of benzene rings is 1. The SMILES string of the molecule is Cc1ccc(C)c(-c2[nH]c(=S)c(C#N)cc2C)c1. The molecule has 0 fully saturated rings. The zero-order chi connectivity index (χ0) is 13.3. The molecule has 3 heteroatoms. The Morgan fingerprint density at radius 1 is 1.11 bits per heavy atom. The van der Waals surface area contributed by atoms with Crippen LogP contribution < -0.4 is 0 Å². The van der Waals surface area contributed by atoms with Gasteiger partial charge in [-0.25, -0.2) is 0 Å². The second kappa shape index (κ2) is 4.75. The van der Waals surface area contributed by atoms with E-state index in [0.717, 1.165) is 16.8 Å². The number of nitriles is 1. The first-order valence-electron chi connectivity index (χ1n) is 5.74. The standard InChI is InChI=1S/C15H14N2S/c1-9-4-5-10(2)13(6-9)14-11(3)7-12(8-16)15(18)17-14/h4-7H,1-3H3,(H,17,18). The lowest BCUT2D eigenvalue weighted by atomic mass is 9.99. The summed E-state index contributed by atoms with van der Waals surface area (Å²) in [4.78, 5) is 3.17. The molecule has 0 saturated heterocycles. The van der Waals surface area contributed by atoms with Gasteiger partial charge in [0, 0.05) is 11.3 Å². The Balaban J connectivity index is 2.73. The molecule has 1 aromatic heterocycles. The van der Waals surface area contributed by atoms with Gasteiger partial charge in [0.1, 0.15) is 10.7 Å². The molecule has 1 N–H and O–H groups in total. The molecule has 0 bridgehead atoms. The molecular weight excluding hydrogens is 240 g/mol. The molecule has 0 saturated carbocycles. The largest absolute Gasteiger partial charge is 0.345 e. The van der Waals surface area contributed by atoms with Crippen molar-refractivity contribution in [2.24, 2.45) is 0 Å². The number of H-pyrrole nitrogens is 1. The fraction of sp³-hybridized carbons (Fsp3) is 0.200. The van der Waals surface area contributed by atoms with Crippen LogP contribution in [0.5, 0.6) is 0 Å². The highest BCUT2D eigenvalue weighted by Crippen LogP contribution is 2.26. The molecule has 0 aliphatic rings. The van der Waals surface area contributed by atoms with Gasteiger partial charge >= 0.3 is 0 Å². The van der Waals surface area contributed by atoms with Crippen LogP contribution in [0.3, 0.4) is 0 Å². The molecule has 2 rings (SSSR count). The third-order valence-corrected chi connectivity index (χ3v) is 3.34. The van der Waals surface area contributed by atoms with Gasteiger partial charge in [-0.1, -0.05) is 29.9 Å². The zero-order valence-corrected chi connectivity index (χ0v) is 11.5. The molecule has 0 unspecified atom stereocenters. The lowest BCUT2D eigenvalue weighted by molar-refractivity contribution is 1.21. The van der Waals surface area contributed by atoms with Gasteiger partial charge in [-0.15, -0.1) is 0 Å². The summed E-state index contributed by atoms with van der Waals surface area (Å²) in [5.74, 6) is 0. The Bertz CT molecular complexity index is 705. The van der Waals surface area contributed by atoms with Gasteiger partial charge < -0.3 is 4.98 Å². The second-order valence-corrected chi connectivity index (χ2v) is 4.91. The number of rotatable bonds is 1. The topological polar surface area (TPSA) is 39.6 Å². The Kier molecular flexibility index (Phi) is 3.31. The van der Waals surface area contributed by atoms with Crippen molar-refractivity contribution in [3.63, 3.8) is 0 Å². The van der Waals surface area contributed by atoms with Gasteiger partial charge in [0.2, 0.25) is 0 Å². The number of hydrogen-bond donors (Lipinski definition) is 1. The molecule has 0 aliphatic carbocycles. The fourth-order valence-corrected chi connectivity index (χ4v) is 2.21. The van der Waals surface area contributed by atoms with Gasteiger partial charge in [0.05, 0.1) is 5.56 Å². The molecule has 2 nitrogen and oxygen atoms in total. The summed E-state index contributed by atoms with van der Waals surface area (Å²) in [7, 11) is 0. The van der Waals surface area contributed by atoms with Crippen molar-refractivity contribution in [3.05, 3.63) is 51.2 Å². The maximum absolute atomic E-state index is 8.97. The number of aromatic amines is 1. The summed E-state index contributed by atoms with van der Waals surface area (Å²) in [6.45, 7) is 6.13. The molecular formula is C15H14N2S. The van der Waals surface area contributed by atoms with Crippen LogP contribution in [0.15, 0.2) is 24.3 Å². The van der Waals surface area contributed by atoms with Gasteiger partial charge in [-0.05, 0) is 44.0 Å². The predicted octanol–water partition coefficient (Wildman–Crippen LogP) is 4.21. The highest BCUT2D eigenvalue weighted by Gasteiger charge is 2.08. The lowest BCUT2D eigenvalue weighted by Crippen LogP contribution is -1.94. The molecule has 0 spiro atoms. The summed E-state index contributed by atoms with van der Waals surface area (Å²) in [6.07, 6.45) is 0. The van der Waals surface area contributed by atoms with Gasteiger partial charge in [0.15, 0.2) is 0 Å². The quantitative estimate of drug-likeness (QED) is 0.774. The fourth-order valence-electron chi connectivity index (χ4n) is 2.00. The maximum atomic E-state index is 8.97. The molecule has 2 aromatic rings. The number of nitrogens with zero attached hydrogens (tertiary/aromatic N) is 1. The monoisotopic (exact) mass is 254 g/mol. The number of aryl methyl sites for hydroxylation is 3. The molecule has 18 heavy (non-hydrogen) atoms.